The molecule has 33 heavy (non-hydrogen) atoms. The lowest BCUT2D eigenvalue weighted by Gasteiger charge is -2.38. The molecule has 0 bridgehead atoms. The lowest BCUT2D eigenvalue weighted by Crippen LogP contribution is -2.43. The number of rotatable bonds is 5. The van der Waals surface area contributed by atoms with E-state index >= 15 is 0 Å². The largest absolute Gasteiger partial charge is 0.494 e. The van der Waals surface area contributed by atoms with Crippen molar-refractivity contribution in [2.75, 3.05) is 0 Å². The Labute approximate surface area is 203 Å². The first-order valence-electron chi connectivity index (χ1n) is 12.4. The molecule has 1 saturated heterocycles. The highest BCUT2D eigenvalue weighted by Gasteiger charge is 2.51. The second-order valence-electron chi connectivity index (χ2n) is 11.4. The summed E-state index contributed by atoms with van der Waals surface area (Å²) in [6.07, 6.45) is 0. The zero-order valence-electron chi connectivity index (χ0n) is 22.2. The van der Waals surface area contributed by atoms with E-state index < -0.39 is 8.07 Å². The van der Waals surface area contributed by atoms with E-state index in [0.29, 0.717) is 16.6 Å². The van der Waals surface area contributed by atoms with Crippen LogP contribution in [0, 0.1) is 11.5 Å². The molecule has 1 aliphatic heterocycles. The van der Waals surface area contributed by atoms with Crippen LogP contribution in [0.2, 0.25) is 16.6 Å². The highest BCUT2D eigenvalue weighted by Crippen LogP contribution is 2.41. The van der Waals surface area contributed by atoms with Gasteiger partial charge in [0.05, 0.1) is 11.2 Å². The normalized spacial score (nSPS) is 17.5. The maximum Gasteiger partial charge on any atom is 0.494 e. The van der Waals surface area contributed by atoms with Crippen LogP contribution in [0.4, 0.5) is 0 Å². The summed E-state index contributed by atoms with van der Waals surface area (Å²) in [4.78, 5) is 0. The summed E-state index contributed by atoms with van der Waals surface area (Å²) in [6, 6.07) is 17.2. The Hall–Kier alpha value is -1.80. The summed E-state index contributed by atoms with van der Waals surface area (Å²) in [5, 5.41) is 0. The highest BCUT2D eigenvalue weighted by atomic mass is 28.3. The fourth-order valence-corrected chi connectivity index (χ4v) is 10.4. The monoisotopic (exact) mass is 460 g/mol. The average molecular weight is 461 g/mol. The maximum atomic E-state index is 6.20. The Morgan fingerprint density at radius 1 is 0.727 bits per heavy atom. The van der Waals surface area contributed by atoms with Crippen molar-refractivity contribution in [3.63, 3.8) is 0 Å². The number of hydrogen-bond acceptors (Lipinski definition) is 2. The molecular weight excluding hydrogens is 419 g/mol. The van der Waals surface area contributed by atoms with Crippen LogP contribution >= 0.6 is 0 Å². The quantitative estimate of drug-likeness (QED) is 0.346. The molecule has 0 atom stereocenters. The molecule has 0 N–H and O–H groups in total. The third-order valence-electron chi connectivity index (χ3n) is 7.92. The van der Waals surface area contributed by atoms with Crippen molar-refractivity contribution in [3.05, 3.63) is 54.1 Å². The second kappa shape index (κ2) is 9.45. The van der Waals surface area contributed by atoms with Crippen LogP contribution in [-0.2, 0) is 9.31 Å². The van der Waals surface area contributed by atoms with Crippen LogP contribution in [0.1, 0.15) is 74.8 Å². The van der Waals surface area contributed by atoms with E-state index in [0.717, 1.165) is 11.0 Å². The van der Waals surface area contributed by atoms with Crippen molar-refractivity contribution in [2.45, 2.75) is 97.1 Å². The molecule has 2 aromatic carbocycles. The minimum absolute atomic E-state index is 0.330. The molecule has 0 aromatic heterocycles. The van der Waals surface area contributed by atoms with Crippen LogP contribution in [-0.4, -0.2) is 26.4 Å². The highest BCUT2D eigenvalue weighted by molar-refractivity contribution is 6.90. The van der Waals surface area contributed by atoms with Gasteiger partial charge in [0, 0.05) is 5.56 Å². The number of benzene rings is 2. The summed E-state index contributed by atoms with van der Waals surface area (Å²) in [6.45, 7) is 22.5. The molecule has 4 heteroatoms. The molecule has 2 nitrogen and oxygen atoms in total. The van der Waals surface area contributed by atoms with Gasteiger partial charge in [0.15, 0.2) is 0 Å². The smallest absolute Gasteiger partial charge is 0.399 e. The molecule has 1 fully saturated rings. The predicted octanol–water partition coefficient (Wildman–Crippen LogP) is 7.22. The standard InChI is InChI=1S/C29H41BO2Si/c1-21(2)33(22(3)4,23(5)6)19-18-24-12-11-13-26(20-24)25-14-16-27(17-15-25)30-31-28(7,8)29(9,10)32-30/h11-17,20-23H,1-10H3. The van der Waals surface area contributed by atoms with Gasteiger partial charge in [0.25, 0.3) is 0 Å². The van der Waals surface area contributed by atoms with Crippen molar-refractivity contribution in [1.82, 2.24) is 0 Å². The van der Waals surface area contributed by atoms with Crippen LogP contribution in [0.3, 0.4) is 0 Å². The van der Waals surface area contributed by atoms with Gasteiger partial charge in [-0.25, -0.2) is 0 Å². The SMILES string of the molecule is CC(C)[Si](C#Cc1cccc(-c2ccc(B3OC(C)(C)C(C)(C)O3)cc2)c1)(C(C)C)C(C)C. The maximum absolute atomic E-state index is 6.20. The Morgan fingerprint density at radius 3 is 1.73 bits per heavy atom. The molecule has 176 valence electrons. The molecule has 0 amide bonds. The molecule has 0 unspecified atom stereocenters. The van der Waals surface area contributed by atoms with E-state index in [2.05, 4.69) is 129 Å². The zero-order valence-corrected chi connectivity index (χ0v) is 23.2. The van der Waals surface area contributed by atoms with Crippen LogP contribution in [0.25, 0.3) is 11.1 Å². The average Bonchev–Trinajstić information content (AvgIpc) is 2.95. The summed E-state index contributed by atoms with van der Waals surface area (Å²) in [7, 11) is -2.07. The first-order chi connectivity index (χ1) is 15.3. The lowest BCUT2D eigenvalue weighted by molar-refractivity contribution is 0.00578. The van der Waals surface area contributed by atoms with Crippen LogP contribution in [0.15, 0.2) is 48.5 Å². The van der Waals surface area contributed by atoms with E-state index in [1.807, 2.05) is 0 Å². The predicted molar refractivity (Wildman–Crippen MR) is 146 cm³/mol. The van der Waals surface area contributed by atoms with Gasteiger partial charge < -0.3 is 9.31 Å². The van der Waals surface area contributed by atoms with E-state index in [9.17, 15) is 0 Å². The molecule has 0 saturated carbocycles. The first kappa shape index (κ1) is 25.8. The molecular formula is C29H41BO2Si. The first-order valence-corrected chi connectivity index (χ1v) is 14.6. The van der Waals surface area contributed by atoms with E-state index in [1.165, 1.54) is 11.1 Å². The Morgan fingerprint density at radius 2 is 1.24 bits per heavy atom. The number of hydrogen-bond donors (Lipinski definition) is 0. The second-order valence-corrected chi connectivity index (χ2v) is 17.0. The minimum Gasteiger partial charge on any atom is -0.399 e. The van der Waals surface area contributed by atoms with Gasteiger partial charge in [-0.3, -0.25) is 0 Å². The van der Waals surface area contributed by atoms with E-state index in [-0.39, 0.29) is 18.3 Å². The van der Waals surface area contributed by atoms with Crippen molar-refractivity contribution >= 4 is 20.7 Å². The van der Waals surface area contributed by atoms with Crippen molar-refractivity contribution in [2.24, 2.45) is 0 Å². The Kier molecular flexibility index (Phi) is 7.39. The van der Waals surface area contributed by atoms with Crippen LogP contribution in [0.5, 0.6) is 0 Å². The topological polar surface area (TPSA) is 18.5 Å². The molecule has 0 aliphatic carbocycles. The van der Waals surface area contributed by atoms with Crippen molar-refractivity contribution < 1.29 is 9.31 Å². The molecule has 2 aromatic rings. The van der Waals surface area contributed by atoms with Gasteiger partial charge in [0.1, 0.15) is 8.07 Å². The third-order valence-corrected chi connectivity index (χ3v) is 14.2. The minimum atomic E-state index is -1.74. The van der Waals surface area contributed by atoms with Gasteiger partial charge in [-0.1, -0.05) is 83.9 Å². The summed E-state index contributed by atoms with van der Waals surface area (Å²) < 4.78 is 12.4. The zero-order chi connectivity index (χ0) is 24.6. The van der Waals surface area contributed by atoms with Gasteiger partial charge in [-0.15, -0.1) is 5.54 Å². The molecule has 0 radical (unpaired) electrons. The molecule has 0 spiro atoms. The summed E-state index contributed by atoms with van der Waals surface area (Å²) >= 11 is 0. The fraction of sp³-hybridized carbons (Fsp3) is 0.517. The third kappa shape index (κ3) is 5.02. The lowest BCUT2D eigenvalue weighted by atomic mass is 9.78. The molecule has 3 rings (SSSR count). The summed E-state index contributed by atoms with van der Waals surface area (Å²) in [5.41, 5.74) is 9.61. The van der Waals surface area contributed by atoms with Gasteiger partial charge in [0.2, 0.25) is 0 Å². The van der Waals surface area contributed by atoms with E-state index in [4.69, 9.17) is 9.31 Å². The van der Waals surface area contributed by atoms with Crippen LogP contribution < -0.4 is 5.46 Å². The van der Waals surface area contributed by atoms with Crippen molar-refractivity contribution in [1.29, 1.82) is 0 Å². The van der Waals surface area contributed by atoms with Gasteiger partial charge in [-0.05, 0) is 73.0 Å². The summed E-state index contributed by atoms with van der Waals surface area (Å²) in [5.74, 6) is 3.59. The fourth-order valence-electron chi connectivity index (χ4n) is 5.20. The van der Waals surface area contributed by atoms with Gasteiger partial charge in [-0.2, -0.15) is 0 Å². The Bertz CT molecular complexity index is 988. The van der Waals surface area contributed by atoms with Crippen molar-refractivity contribution in [3.8, 4) is 22.6 Å². The Balaban J connectivity index is 1.86. The molecule has 1 aliphatic rings. The van der Waals surface area contributed by atoms with Gasteiger partial charge >= 0.3 is 7.12 Å². The molecule has 1 heterocycles. The van der Waals surface area contributed by atoms with E-state index in [1.54, 1.807) is 0 Å².